The quantitative estimate of drug-likeness (QED) is 0.798. The number of nitrogens with zero attached hydrogens (tertiary/aromatic N) is 3. The van der Waals surface area contributed by atoms with Gasteiger partial charge in [0.25, 0.3) is 5.91 Å². The van der Waals surface area contributed by atoms with Crippen molar-refractivity contribution < 1.29 is 9.59 Å². The van der Waals surface area contributed by atoms with Crippen LogP contribution in [0.3, 0.4) is 0 Å². The van der Waals surface area contributed by atoms with E-state index in [1.54, 1.807) is 18.8 Å². The average Bonchev–Trinajstić information content (AvgIpc) is 2.79. The Labute approximate surface area is 129 Å². The van der Waals surface area contributed by atoms with Crippen LogP contribution < -0.4 is 5.32 Å². The molecule has 1 saturated heterocycles. The van der Waals surface area contributed by atoms with Gasteiger partial charge in [0, 0.05) is 19.3 Å². The molecule has 2 rings (SSSR count). The van der Waals surface area contributed by atoms with Gasteiger partial charge in [-0.05, 0) is 13.8 Å². The summed E-state index contributed by atoms with van der Waals surface area (Å²) in [6, 6.07) is -0.862. The third kappa shape index (κ3) is 3.12. The summed E-state index contributed by atoms with van der Waals surface area (Å²) in [7, 11) is 1.66. The van der Waals surface area contributed by atoms with Gasteiger partial charge >= 0.3 is 6.03 Å². The molecule has 6 nitrogen and oxygen atoms in total. The Balaban J connectivity index is 2.26. The fraction of sp³-hybridized carbons (Fsp3) is 0.500. The number of amides is 3. The number of nitrogens with one attached hydrogen (secondary N) is 1. The van der Waals surface area contributed by atoms with E-state index >= 15 is 0 Å². The maximum atomic E-state index is 12.2. The normalized spacial score (nSPS) is 25.2. The number of urea groups is 1. The average molecular weight is 308 g/mol. The minimum atomic E-state index is -0.462. The molecule has 3 amide bonds. The lowest BCUT2D eigenvalue weighted by molar-refractivity contribution is -0.126. The SMILES string of the molecule is C=C(C)CSC1=NC2C(C(=O)NC(=O)N2C)N1C/C=C/C. The van der Waals surface area contributed by atoms with E-state index in [0.717, 1.165) is 16.5 Å². The molecule has 0 radical (unpaired) electrons. The molecule has 2 unspecified atom stereocenters. The van der Waals surface area contributed by atoms with E-state index in [1.807, 2.05) is 30.9 Å². The number of imide groups is 1. The third-order valence-corrected chi connectivity index (χ3v) is 4.54. The monoisotopic (exact) mass is 308 g/mol. The van der Waals surface area contributed by atoms with Crippen LogP contribution in [0.5, 0.6) is 0 Å². The number of carbonyl (C=O) groups excluding carboxylic acids is 2. The number of hydrogen-bond acceptors (Lipinski definition) is 5. The van der Waals surface area contributed by atoms with Gasteiger partial charge in [0.2, 0.25) is 0 Å². The number of likely N-dealkylation sites (N-methyl/N-ethyl adjacent to an activating group) is 1. The first-order valence-electron chi connectivity index (χ1n) is 6.76. The molecule has 1 fully saturated rings. The van der Waals surface area contributed by atoms with Crippen LogP contribution in [0.15, 0.2) is 29.3 Å². The molecular weight excluding hydrogens is 288 g/mol. The van der Waals surface area contributed by atoms with E-state index in [0.29, 0.717) is 6.54 Å². The number of aliphatic imine (C=N–C) groups is 1. The number of carbonyl (C=O) groups is 2. The second-order valence-corrected chi connectivity index (χ2v) is 6.09. The van der Waals surface area contributed by atoms with Gasteiger partial charge in [-0.3, -0.25) is 10.1 Å². The van der Waals surface area contributed by atoms with Crippen molar-refractivity contribution in [2.24, 2.45) is 4.99 Å². The van der Waals surface area contributed by atoms with Crippen molar-refractivity contribution in [2.45, 2.75) is 26.1 Å². The molecule has 0 aromatic carbocycles. The molecule has 0 aromatic rings. The maximum Gasteiger partial charge on any atom is 0.325 e. The van der Waals surface area contributed by atoms with Gasteiger partial charge < -0.3 is 9.80 Å². The van der Waals surface area contributed by atoms with Crippen LogP contribution in [-0.2, 0) is 4.79 Å². The second-order valence-electron chi connectivity index (χ2n) is 5.14. The smallest absolute Gasteiger partial charge is 0.325 e. The largest absolute Gasteiger partial charge is 0.332 e. The summed E-state index contributed by atoms with van der Waals surface area (Å²) >= 11 is 1.55. The van der Waals surface area contributed by atoms with Crippen molar-refractivity contribution >= 4 is 28.9 Å². The summed E-state index contributed by atoms with van der Waals surface area (Å²) in [6.45, 7) is 8.36. The molecule has 0 bridgehead atoms. The highest BCUT2D eigenvalue weighted by atomic mass is 32.2. The summed E-state index contributed by atoms with van der Waals surface area (Å²) in [5, 5.41) is 3.15. The molecule has 2 heterocycles. The first-order valence-corrected chi connectivity index (χ1v) is 7.74. The zero-order chi connectivity index (χ0) is 15.6. The highest BCUT2D eigenvalue weighted by Crippen LogP contribution is 2.28. The molecule has 21 heavy (non-hydrogen) atoms. The van der Waals surface area contributed by atoms with Crippen LogP contribution in [0.2, 0.25) is 0 Å². The molecule has 0 spiro atoms. The molecule has 1 N–H and O–H groups in total. The highest BCUT2D eigenvalue weighted by Gasteiger charge is 2.48. The van der Waals surface area contributed by atoms with Crippen molar-refractivity contribution in [3.05, 3.63) is 24.3 Å². The van der Waals surface area contributed by atoms with E-state index in [4.69, 9.17) is 0 Å². The Hall–Kier alpha value is -1.76. The van der Waals surface area contributed by atoms with Crippen molar-refractivity contribution in [3.63, 3.8) is 0 Å². The van der Waals surface area contributed by atoms with Crippen LogP contribution in [0.4, 0.5) is 4.79 Å². The van der Waals surface area contributed by atoms with E-state index in [2.05, 4.69) is 16.9 Å². The molecular formula is C14H20N4O2S. The Kier molecular flexibility index (Phi) is 4.72. The standard InChI is InChI=1S/C14H20N4O2S/c1-5-6-7-18-10-11(15-14(18)21-8-9(2)3)17(4)13(20)16-12(10)19/h5-6,10-11H,2,7-8H2,1,3-4H3,(H,16,19,20)/b6-5+. The van der Waals surface area contributed by atoms with E-state index < -0.39 is 18.2 Å². The predicted octanol–water partition coefficient (Wildman–Crippen LogP) is 1.42. The van der Waals surface area contributed by atoms with Gasteiger partial charge in [0.15, 0.2) is 17.4 Å². The Bertz CT molecular complexity index is 529. The number of amidine groups is 1. The zero-order valence-corrected chi connectivity index (χ0v) is 13.3. The lowest BCUT2D eigenvalue weighted by Crippen LogP contribution is -2.63. The van der Waals surface area contributed by atoms with Gasteiger partial charge in [-0.1, -0.05) is 36.1 Å². The van der Waals surface area contributed by atoms with Gasteiger partial charge in [0.1, 0.15) is 0 Å². The Morgan fingerprint density at radius 3 is 2.86 bits per heavy atom. The maximum absolute atomic E-state index is 12.2. The van der Waals surface area contributed by atoms with Crippen LogP contribution >= 0.6 is 11.8 Å². The molecule has 2 aliphatic heterocycles. The van der Waals surface area contributed by atoms with E-state index in [9.17, 15) is 9.59 Å². The third-order valence-electron chi connectivity index (χ3n) is 3.31. The first kappa shape index (κ1) is 15.6. The Morgan fingerprint density at radius 1 is 1.52 bits per heavy atom. The van der Waals surface area contributed by atoms with Gasteiger partial charge in [-0.25, -0.2) is 9.79 Å². The topological polar surface area (TPSA) is 65.0 Å². The van der Waals surface area contributed by atoms with E-state index in [-0.39, 0.29) is 5.91 Å². The first-order chi connectivity index (χ1) is 9.95. The lowest BCUT2D eigenvalue weighted by atomic mass is 10.1. The molecule has 0 aromatic heterocycles. The summed E-state index contributed by atoms with van der Waals surface area (Å²) in [5.74, 6) is 0.450. The lowest BCUT2D eigenvalue weighted by Gasteiger charge is -2.35. The van der Waals surface area contributed by atoms with Crippen LogP contribution in [-0.4, -0.2) is 58.5 Å². The van der Waals surface area contributed by atoms with Crippen molar-refractivity contribution in [3.8, 4) is 0 Å². The fourth-order valence-corrected chi connectivity index (χ4v) is 3.13. The molecule has 0 saturated carbocycles. The number of allylic oxidation sites excluding steroid dienone is 1. The number of fused-ring (bicyclic) bond motifs is 1. The molecule has 0 aliphatic carbocycles. The highest BCUT2D eigenvalue weighted by molar-refractivity contribution is 8.13. The minimum absolute atomic E-state index is 0.290. The second kappa shape index (κ2) is 6.34. The van der Waals surface area contributed by atoms with E-state index in [1.165, 1.54) is 4.90 Å². The van der Waals surface area contributed by atoms with Crippen molar-refractivity contribution in [1.82, 2.24) is 15.1 Å². The molecule has 2 atom stereocenters. The zero-order valence-electron chi connectivity index (χ0n) is 12.5. The van der Waals surface area contributed by atoms with Crippen molar-refractivity contribution in [2.75, 3.05) is 19.3 Å². The number of hydrogen-bond donors (Lipinski definition) is 1. The predicted molar refractivity (Wildman–Crippen MR) is 85.1 cm³/mol. The fourth-order valence-electron chi connectivity index (χ4n) is 2.22. The van der Waals surface area contributed by atoms with Crippen LogP contribution in [0.25, 0.3) is 0 Å². The summed E-state index contributed by atoms with van der Waals surface area (Å²) in [4.78, 5) is 31.9. The molecule has 114 valence electrons. The van der Waals surface area contributed by atoms with Crippen LogP contribution in [0, 0.1) is 0 Å². The number of thioether (sulfide) groups is 1. The van der Waals surface area contributed by atoms with Gasteiger partial charge in [-0.15, -0.1) is 0 Å². The number of rotatable bonds is 4. The van der Waals surface area contributed by atoms with Crippen molar-refractivity contribution in [1.29, 1.82) is 0 Å². The van der Waals surface area contributed by atoms with Gasteiger partial charge in [0.05, 0.1) is 0 Å². The summed E-state index contributed by atoms with van der Waals surface area (Å²) < 4.78 is 0. The molecule has 7 heteroatoms. The summed E-state index contributed by atoms with van der Waals surface area (Å²) in [5.41, 5.74) is 1.04. The van der Waals surface area contributed by atoms with Crippen LogP contribution in [0.1, 0.15) is 13.8 Å². The minimum Gasteiger partial charge on any atom is -0.332 e. The summed E-state index contributed by atoms with van der Waals surface area (Å²) in [6.07, 6.45) is 3.46. The molecule has 2 aliphatic rings. The Morgan fingerprint density at radius 2 is 2.24 bits per heavy atom. The van der Waals surface area contributed by atoms with Gasteiger partial charge in [-0.2, -0.15) is 0 Å².